The second-order valence-corrected chi connectivity index (χ2v) is 5.06. The number of hydrogen-bond donors (Lipinski definition) is 2. The Kier molecular flexibility index (Phi) is 5.07. The van der Waals surface area contributed by atoms with Gasteiger partial charge >= 0.3 is 0 Å². The first-order chi connectivity index (χ1) is 10.2. The van der Waals surface area contributed by atoms with Crippen LogP contribution in [0.3, 0.4) is 0 Å². The maximum absolute atomic E-state index is 11.7. The lowest BCUT2D eigenvalue weighted by Crippen LogP contribution is -3.12. The van der Waals surface area contributed by atoms with Gasteiger partial charge in [0.05, 0.1) is 27.3 Å². The maximum Gasteiger partial charge on any atom is 0.275 e. The van der Waals surface area contributed by atoms with E-state index in [-0.39, 0.29) is 12.5 Å². The van der Waals surface area contributed by atoms with Gasteiger partial charge in [0, 0.05) is 12.0 Å². The Morgan fingerprint density at radius 2 is 2.00 bits per heavy atom. The second-order valence-electron chi connectivity index (χ2n) is 5.06. The van der Waals surface area contributed by atoms with Crippen LogP contribution in [0.4, 0.5) is 0 Å². The molecule has 112 valence electrons. The van der Waals surface area contributed by atoms with E-state index < -0.39 is 0 Å². The van der Waals surface area contributed by atoms with Gasteiger partial charge in [-0.1, -0.05) is 5.92 Å². The van der Waals surface area contributed by atoms with E-state index in [0.29, 0.717) is 6.54 Å². The van der Waals surface area contributed by atoms with Crippen molar-refractivity contribution >= 4 is 5.91 Å². The molecule has 2 N–H and O–H groups in total. The van der Waals surface area contributed by atoms with Crippen molar-refractivity contribution in [2.75, 3.05) is 33.9 Å². The highest BCUT2D eigenvalue weighted by molar-refractivity contribution is 5.77. The molecule has 0 saturated carbocycles. The van der Waals surface area contributed by atoms with Crippen LogP contribution in [0, 0.1) is 12.3 Å². The predicted octanol–water partition coefficient (Wildman–Crippen LogP) is -0.606. The normalized spacial score (nSPS) is 16.5. The molecular weight excluding hydrogens is 268 g/mol. The summed E-state index contributed by atoms with van der Waals surface area (Å²) in [6, 6.07) is 4.04. The van der Waals surface area contributed by atoms with E-state index in [1.54, 1.807) is 14.2 Å². The molecule has 5 nitrogen and oxygen atoms in total. The van der Waals surface area contributed by atoms with Crippen LogP contribution < -0.4 is 19.7 Å². The minimum atomic E-state index is -0.00752. The van der Waals surface area contributed by atoms with Gasteiger partial charge in [0.25, 0.3) is 5.91 Å². The second kappa shape index (κ2) is 7.00. The number of carbonyl (C=O) groups is 1. The molecule has 1 unspecified atom stereocenters. The van der Waals surface area contributed by atoms with Crippen LogP contribution in [0.1, 0.15) is 11.1 Å². The number of amides is 1. The van der Waals surface area contributed by atoms with Crippen LogP contribution in [0.2, 0.25) is 0 Å². The summed E-state index contributed by atoms with van der Waals surface area (Å²) >= 11 is 0. The van der Waals surface area contributed by atoms with Crippen molar-refractivity contribution in [1.29, 1.82) is 0 Å². The average Bonchev–Trinajstić information content (AvgIpc) is 2.51. The fraction of sp³-hybridized carbons (Fsp3) is 0.438. The molecule has 1 amide bonds. The largest absolute Gasteiger partial charge is 0.493 e. The molecule has 1 heterocycles. The molecule has 1 aromatic rings. The molecule has 1 aliphatic heterocycles. The summed E-state index contributed by atoms with van der Waals surface area (Å²) in [7, 11) is 3.27. The lowest BCUT2D eigenvalue weighted by molar-refractivity contribution is -0.908. The molecule has 0 spiro atoms. The van der Waals surface area contributed by atoms with Gasteiger partial charge in [-0.25, -0.2) is 0 Å². The molecule has 1 aliphatic rings. The Bertz CT molecular complexity index is 563. The summed E-state index contributed by atoms with van der Waals surface area (Å²) < 4.78 is 10.7. The topological polar surface area (TPSA) is 52.0 Å². The number of carbonyl (C=O) groups excluding carboxylic acids is 1. The van der Waals surface area contributed by atoms with Crippen molar-refractivity contribution in [3.05, 3.63) is 23.3 Å². The van der Waals surface area contributed by atoms with Gasteiger partial charge in [-0.15, -0.1) is 6.42 Å². The first-order valence-electron chi connectivity index (χ1n) is 6.95. The number of methoxy groups -OCH3 is 2. The summed E-state index contributed by atoms with van der Waals surface area (Å²) in [4.78, 5) is 13.0. The van der Waals surface area contributed by atoms with E-state index >= 15 is 0 Å². The van der Waals surface area contributed by atoms with Gasteiger partial charge in [0.2, 0.25) is 0 Å². The SMILES string of the molecule is C#CCNC(=O)C[NH+]1CCc2cc(OC)c(OC)cc2C1. The van der Waals surface area contributed by atoms with Crippen molar-refractivity contribution in [1.82, 2.24) is 5.32 Å². The van der Waals surface area contributed by atoms with E-state index in [1.807, 2.05) is 12.1 Å². The zero-order valence-electron chi connectivity index (χ0n) is 12.5. The van der Waals surface area contributed by atoms with E-state index in [9.17, 15) is 4.79 Å². The zero-order chi connectivity index (χ0) is 15.2. The lowest BCUT2D eigenvalue weighted by atomic mass is 9.99. The molecule has 0 bridgehead atoms. The Balaban J connectivity index is 2.06. The highest BCUT2D eigenvalue weighted by Gasteiger charge is 2.23. The number of benzene rings is 1. The minimum absolute atomic E-state index is 0.00752. The third-order valence-corrected chi connectivity index (χ3v) is 3.69. The number of terminal acetylenes is 1. The first kappa shape index (κ1) is 15.2. The Morgan fingerprint density at radius 3 is 2.62 bits per heavy atom. The molecule has 0 aliphatic carbocycles. The molecule has 2 rings (SSSR count). The number of ether oxygens (including phenoxy) is 2. The van der Waals surface area contributed by atoms with Crippen molar-refractivity contribution in [3.8, 4) is 23.8 Å². The molecule has 0 fully saturated rings. The number of fused-ring (bicyclic) bond motifs is 1. The third-order valence-electron chi connectivity index (χ3n) is 3.69. The monoisotopic (exact) mass is 289 g/mol. The van der Waals surface area contributed by atoms with Gasteiger partial charge in [-0.2, -0.15) is 0 Å². The number of hydrogen-bond acceptors (Lipinski definition) is 3. The van der Waals surface area contributed by atoms with Crippen LogP contribution in [-0.2, 0) is 17.8 Å². The fourth-order valence-electron chi connectivity index (χ4n) is 2.62. The highest BCUT2D eigenvalue weighted by Crippen LogP contribution is 2.31. The van der Waals surface area contributed by atoms with E-state index in [1.165, 1.54) is 16.0 Å². The summed E-state index contributed by atoms with van der Waals surface area (Å²) in [5.41, 5.74) is 2.47. The lowest BCUT2D eigenvalue weighted by Gasteiger charge is -2.26. The van der Waals surface area contributed by atoms with Crippen LogP contribution in [0.25, 0.3) is 0 Å². The maximum atomic E-state index is 11.7. The molecule has 5 heteroatoms. The van der Waals surface area contributed by atoms with Crippen LogP contribution >= 0.6 is 0 Å². The fourth-order valence-corrected chi connectivity index (χ4v) is 2.62. The van der Waals surface area contributed by atoms with Crippen molar-refractivity contribution in [2.45, 2.75) is 13.0 Å². The average molecular weight is 289 g/mol. The molecule has 21 heavy (non-hydrogen) atoms. The molecule has 0 saturated heterocycles. The van der Waals surface area contributed by atoms with Crippen LogP contribution in [0.15, 0.2) is 12.1 Å². The number of nitrogens with one attached hydrogen (secondary N) is 2. The smallest absolute Gasteiger partial charge is 0.275 e. The van der Waals surface area contributed by atoms with Crippen LogP contribution in [0.5, 0.6) is 11.5 Å². The summed E-state index contributed by atoms with van der Waals surface area (Å²) in [5, 5.41) is 2.70. The van der Waals surface area contributed by atoms with Gasteiger partial charge in [-0.3, -0.25) is 4.79 Å². The molecule has 0 aromatic heterocycles. The third kappa shape index (κ3) is 3.67. The highest BCUT2D eigenvalue weighted by atomic mass is 16.5. The van der Waals surface area contributed by atoms with E-state index in [4.69, 9.17) is 15.9 Å². The van der Waals surface area contributed by atoms with Crippen molar-refractivity contribution in [3.63, 3.8) is 0 Å². The van der Waals surface area contributed by atoms with Crippen LogP contribution in [-0.4, -0.2) is 39.8 Å². The summed E-state index contributed by atoms with van der Waals surface area (Å²) in [6.45, 7) is 2.45. The Morgan fingerprint density at radius 1 is 1.33 bits per heavy atom. The minimum Gasteiger partial charge on any atom is -0.493 e. The molecule has 1 aromatic carbocycles. The number of rotatable bonds is 5. The van der Waals surface area contributed by atoms with Gasteiger partial charge < -0.3 is 19.7 Å². The van der Waals surface area contributed by atoms with Crippen molar-refractivity contribution < 1.29 is 19.2 Å². The Hall–Kier alpha value is -2.19. The molecule has 0 radical (unpaired) electrons. The number of quaternary nitrogens is 1. The molecule has 1 atom stereocenters. The van der Waals surface area contributed by atoms with Gasteiger partial charge in [0.15, 0.2) is 18.0 Å². The Labute approximate surface area is 125 Å². The standard InChI is InChI=1S/C16H20N2O3/c1-4-6-17-16(19)11-18-7-5-12-8-14(20-2)15(21-3)9-13(12)10-18/h1,8-9H,5-7,10-11H2,2-3H3,(H,17,19)/p+1. The van der Waals surface area contributed by atoms with Gasteiger partial charge in [-0.05, 0) is 17.7 Å². The zero-order valence-corrected chi connectivity index (χ0v) is 12.5. The first-order valence-corrected chi connectivity index (χ1v) is 6.95. The molecular formula is C16H21N2O3+. The van der Waals surface area contributed by atoms with Crippen molar-refractivity contribution in [2.24, 2.45) is 0 Å². The summed E-state index contributed by atoms with van der Waals surface area (Å²) in [6.07, 6.45) is 6.06. The quantitative estimate of drug-likeness (QED) is 0.711. The van der Waals surface area contributed by atoms with E-state index in [0.717, 1.165) is 31.0 Å². The summed E-state index contributed by atoms with van der Waals surface area (Å²) in [5.74, 6) is 3.89. The van der Waals surface area contributed by atoms with Gasteiger partial charge in [0.1, 0.15) is 6.54 Å². The van der Waals surface area contributed by atoms with E-state index in [2.05, 4.69) is 11.2 Å². The predicted molar refractivity (Wildman–Crippen MR) is 79.5 cm³/mol.